The van der Waals surface area contributed by atoms with E-state index in [0.29, 0.717) is 0 Å². The molecule has 0 amide bonds. The highest BCUT2D eigenvalue weighted by Crippen LogP contribution is 2.76. The van der Waals surface area contributed by atoms with E-state index in [-0.39, 0.29) is 7.92 Å². The molecule has 2 heterocycles. The third-order valence-corrected chi connectivity index (χ3v) is 12.5. The second-order valence-corrected chi connectivity index (χ2v) is 21.6. The van der Waals surface area contributed by atoms with E-state index < -0.39 is 16.1 Å². The number of hydrogen-bond donors (Lipinski definition) is 0. The molecule has 1 atom stereocenters. The van der Waals surface area contributed by atoms with E-state index in [9.17, 15) is 0 Å². The van der Waals surface area contributed by atoms with Crippen LogP contribution >= 0.6 is 19.3 Å². The van der Waals surface area contributed by atoms with E-state index in [1.165, 1.54) is 15.1 Å². The van der Waals surface area contributed by atoms with Gasteiger partial charge in [-0.2, -0.15) is 0 Å². The molecule has 0 bridgehead atoms. The van der Waals surface area contributed by atoms with Crippen molar-refractivity contribution in [2.75, 3.05) is 0 Å². The van der Waals surface area contributed by atoms with Crippen molar-refractivity contribution >= 4 is 46.0 Å². The third kappa shape index (κ3) is 4.00. The minimum Gasteiger partial charge on any atom is -0.127 e. The molecule has 1 aromatic heterocycles. The maximum Gasteiger partial charge on any atom is 0.129 e. The van der Waals surface area contributed by atoms with E-state index in [0.717, 1.165) is 0 Å². The number of thiophene rings is 1. The Hall–Kier alpha value is -0.916. The van der Waals surface area contributed by atoms with Crippen LogP contribution in [0.15, 0.2) is 47.4 Å². The first-order valence-corrected chi connectivity index (χ1v) is 17.6. The second kappa shape index (κ2) is 6.43. The molecule has 3 rings (SSSR count). The monoisotopic (exact) mass is 384 g/mol. The Morgan fingerprint density at radius 1 is 0.875 bits per heavy atom. The molecule has 0 saturated carbocycles. The van der Waals surface area contributed by atoms with Crippen LogP contribution in [-0.2, 0) is 0 Å². The molecule has 1 unspecified atom stereocenters. The van der Waals surface area contributed by atoms with Crippen LogP contribution in [0.2, 0.25) is 39.3 Å². The SMILES string of the molecule is C[Si](C)(C)C#Cc1ccc(C2=C([Si](C)(C)C)P2c2ccccc2)s1. The van der Waals surface area contributed by atoms with Crippen LogP contribution in [0.4, 0.5) is 0 Å². The van der Waals surface area contributed by atoms with E-state index in [1.807, 2.05) is 11.3 Å². The van der Waals surface area contributed by atoms with Gasteiger partial charge in [-0.3, -0.25) is 0 Å². The van der Waals surface area contributed by atoms with Crippen molar-refractivity contribution in [3.8, 4) is 11.5 Å². The van der Waals surface area contributed by atoms with Crippen molar-refractivity contribution in [3.63, 3.8) is 0 Å². The topological polar surface area (TPSA) is 0 Å². The zero-order valence-electron chi connectivity index (χ0n) is 15.4. The molecule has 4 heteroatoms. The molecule has 0 fully saturated rings. The van der Waals surface area contributed by atoms with E-state index in [1.54, 1.807) is 10.3 Å². The Balaban J connectivity index is 1.93. The Bertz CT molecular complexity index is 839. The van der Waals surface area contributed by atoms with Gasteiger partial charge in [-0.25, -0.2) is 0 Å². The second-order valence-electron chi connectivity index (χ2n) is 8.28. The molecule has 124 valence electrons. The molecule has 1 aliphatic heterocycles. The highest BCUT2D eigenvalue weighted by atomic mass is 32.1. The van der Waals surface area contributed by atoms with Gasteiger partial charge in [-0.15, -0.1) is 16.9 Å². The molecule has 0 radical (unpaired) electrons. The van der Waals surface area contributed by atoms with Gasteiger partial charge in [0.25, 0.3) is 0 Å². The standard InChI is InChI=1S/C20H25PSSi2/c1-23(2,3)15-14-17-12-13-18(22-17)19-20(24(4,5)6)21(19)16-10-8-7-9-11-16/h7-13H,1-6H3. The predicted octanol–water partition coefficient (Wildman–Crippen LogP) is 6.34. The lowest BCUT2D eigenvalue weighted by Crippen LogP contribution is -2.18. The van der Waals surface area contributed by atoms with E-state index in [2.05, 4.69) is 93.2 Å². The molecule has 24 heavy (non-hydrogen) atoms. The summed E-state index contributed by atoms with van der Waals surface area (Å²) in [6.45, 7) is 14.3. The smallest absolute Gasteiger partial charge is 0.127 e. The minimum atomic E-state index is -1.31. The Labute approximate surface area is 153 Å². The summed E-state index contributed by atoms with van der Waals surface area (Å²) in [5.41, 5.74) is 3.49. The van der Waals surface area contributed by atoms with Crippen LogP contribution in [-0.4, -0.2) is 16.1 Å². The molecular formula is C20H25PSSi2. The van der Waals surface area contributed by atoms with Crippen LogP contribution in [0, 0.1) is 11.5 Å². The Morgan fingerprint density at radius 3 is 2.12 bits per heavy atom. The molecule has 1 aromatic carbocycles. The van der Waals surface area contributed by atoms with Crippen molar-refractivity contribution in [2.45, 2.75) is 39.3 Å². The van der Waals surface area contributed by atoms with E-state index >= 15 is 0 Å². The first-order chi connectivity index (χ1) is 11.2. The highest BCUT2D eigenvalue weighted by Gasteiger charge is 2.45. The Kier molecular flexibility index (Phi) is 4.79. The maximum atomic E-state index is 3.49. The fraction of sp³-hybridized carbons (Fsp3) is 0.300. The lowest BCUT2D eigenvalue weighted by molar-refractivity contribution is 1.76. The number of benzene rings is 1. The zero-order valence-corrected chi connectivity index (χ0v) is 19.1. The summed E-state index contributed by atoms with van der Waals surface area (Å²) in [6, 6.07) is 15.6. The van der Waals surface area contributed by atoms with Crippen LogP contribution in [0.3, 0.4) is 0 Å². The van der Waals surface area contributed by atoms with Crippen molar-refractivity contribution in [1.82, 2.24) is 0 Å². The predicted molar refractivity (Wildman–Crippen MR) is 118 cm³/mol. The summed E-state index contributed by atoms with van der Waals surface area (Å²) in [5.74, 6) is 3.42. The normalized spacial score (nSPS) is 17.5. The fourth-order valence-corrected chi connectivity index (χ4v) is 12.0. The lowest BCUT2D eigenvalue weighted by Gasteiger charge is -2.13. The summed E-state index contributed by atoms with van der Waals surface area (Å²) in [5, 5.41) is 3.17. The minimum absolute atomic E-state index is 0.189. The van der Waals surface area contributed by atoms with Gasteiger partial charge >= 0.3 is 0 Å². The van der Waals surface area contributed by atoms with Gasteiger partial charge in [0, 0.05) is 10.2 Å². The zero-order chi connectivity index (χ0) is 17.5. The lowest BCUT2D eigenvalue weighted by atomic mass is 10.4. The van der Waals surface area contributed by atoms with Gasteiger partial charge in [-0.1, -0.05) is 75.5 Å². The molecule has 2 aromatic rings. The molecule has 1 aliphatic rings. The van der Waals surface area contributed by atoms with Gasteiger partial charge in [-0.05, 0) is 30.3 Å². The first-order valence-electron chi connectivity index (χ1n) is 8.40. The summed E-state index contributed by atoms with van der Waals surface area (Å²) in [6.07, 6.45) is 0. The Morgan fingerprint density at radius 2 is 1.54 bits per heavy atom. The largest absolute Gasteiger partial charge is 0.129 e. The summed E-state index contributed by atoms with van der Waals surface area (Å²) in [4.78, 5) is 4.47. The van der Waals surface area contributed by atoms with Crippen molar-refractivity contribution in [3.05, 3.63) is 57.2 Å². The quantitative estimate of drug-likeness (QED) is 0.329. The van der Waals surface area contributed by atoms with Crippen LogP contribution in [0.1, 0.15) is 9.75 Å². The van der Waals surface area contributed by atoms with Gasteiger partial charge in [0.05, 0.1) is 13.0 Å². The van der Waals surface area contributed by atoms with E-state index in [4.69, 9.17) is 0 Å². The first kappa shape index (κ1) is 17.9. The molecule has 0 spiro atoms. The van der Waals surface area contributed by atoms with Crippen LogP contribution in [0.5, 0.6) is 0 Å². The van der Waals surface area contributed by atoms with Gasteiger partial charge in [0.1, 0.15) is 8.07 Å². The number of hydrogen-bond acceptors (Lipinski definition) is 1. The summed E-state index contributed by atoms with van der Waals surface area (Å²) >= 11 is 1.89. The van der Waals surface area contributed by atoms with Crippen molar-refractivity contribution < 1.29 is 0 Å². The van der Waals surface area contributed by atoms with Crippen LogP contribution < -0.4 is 5.30 Å². The van der Waals surface area contributed by atoms with Crippen molar-refractivity contribution in [2.24, 2.45) is 0 Å². The highest BCUT2D eigenvalue weighted by molar-refractivity contribution is 7.91. The average molecular weight is 385 g/mol. The summed E-state index contributed by atoms with van der Waals surface area (Å²) in [7, 11) is -2.77. The molecule has 0 aliphatic carbocycles. The van der Waals surface area contributed by atoms with Gasteiger partial charge in [0.2, 0.25) is 0 Å². The summed E-state index contributed by atoms with van der Waals surface area (Å²) < 4.78 is 0. The van der Waals surface area contributed by atoms with Gasteiger partial charge in [0.15, 0.2) is 0 Å². The molecular weight excluding hydrogens is 359 g/mol. The van der Waals surface area contributed by atoms with Crippen LogP contribution in [0.25, 0.3) is 5.31 Å². The molecule has 0 N–H and O–H groups in total. The van der Waals surface area contributed by atoms with Crippen molar-refractivity contribution in [1.29, 1.82) is 0 Å². The van der Waals surface area contributed by atoms with Gasteiger partial charge < -0.3 is 0 Å². The molecule has 0 saturated heterocycles. The number of rotatable bonds is 3. The average Bonchev–Trinajstić information content (AvgIpc) is 3.09. The maximum absolute atomic E-state index is 3.49. The molecule has 0 nitrogen and oxygen atoms in total. The third-order valence-electron chi connectivity index (χ3n) is 3.75. The fourth-order valence-electron chi connectivity index (χ4n) is 2.70.